The molecule has 0 unspecified atom stereocenters. The maximum atomic E-state index is 14.2. The van der Waals surface area contributed by atoms with Crippen molar-refractivity contribution in [1.82, 2.24) is 10.6 Å². The SMILES string of the molecule is CC(C)(Cc1ccc(C(=O)Oc2ccc(CNCN)cc2F)s1)C(=O)N[C@@H](CO)C(=O)O. The van der Waals surface area contributed by atoms with E-state index in [-0.39, 0.29) is 23.7 Å². The molecule has 1 aromatic carbocycles. The number of halogens is 1. The van der Waals surface area contributed by atoms with Gasteiger partial charge in [-0.3, -0.25) is 4.79 Å². The number of benzene rings is 1. The Morgan fingerprint density at radius 1 is 1.25 bits per heavy atom. The molecule has 174 valence electrons. The monoisotopic (exact) mass is 467 g/mol. The third kappa shape index (κ3) is 6.82. The molecule has 0 saturated heterocycles. The zero-order valence-electron chi connectivity index (χ0n) is 17.7. The lowest BCUT2D eigenvalue weighted by Gasteiger charge is -2.24. The number of ether oxygens (including phenoxy) is 1. The van der Waals surface area contributed by atoms with E-state index in [2.05, 4.69) is 10.6 Å². The van der Waals surface area contributed by atoms with Crippen LogP contribution in [-0.2, 0) is 22.6 Å². The maximum absolute atomic E-state index is 14.2. The van der Waals surface area contributed by atoms with E-state index in [1.165, 1.54) is 18.2 Å². The van der Waals surface area contributed by atoms with Gasteiger partial charge in [0.05, 0.1) is 6.61 Å². The van der Waals surface area contributed by atoms with Crippen molar-refractivity contribution in [3.63, 3.8) is 0 Å². The molecule has 2 aromatic rings. The van der Waals surface area contributed by atoms with E-state index < -0.39 is 41.7 Å². The minimum absolute atomic E-state index is 0.204. The molecule has 0 saturated carbocycles. The normalized spacial score (nSPS) is 12.3. The Morgan fingerprint density at radius 2 is 1.97 bits per heavy atom. The summed E-state index contributed by atoms with van der Waals surface area (Å²) in [5.41, 5.74) is 4.99. The molecule has 0 aliphatic carbocycles. The van der Waals surface area contributed by atoms with Crippen molar-refractivity contribution in [2.75, 3.05) is 13.3 Å². The molecular formula is C21H26FN3O6S. The Labute approximate surface area is 188 Å². The number of carbonyl (C=O) groups excluding carboxylic acids is 2. The Morgan fingerprint density at radius 3 is 2.56 bits per heavy atom. The number of aliphatic hydroxyl groups is 1. The first-order chi connectivity index (χ1) is 15.1. The zero-order chi connectivity index (χ0) is 23.9. The highest BCUT2D eigenvalue weighted by molar-refractivity contribution is 7.13. The molecular weight excluding hydrogens is 441 g/mol. The van der Waals surface area contributed by atoms with Gasteiger partial charge in [0.1, 0.15) is 10.9 Å². The topological polar surface area (TPSA) is 151 Å². The number of thiophene rings is 1. The molecule has 1 atom stereocenters. The summed E-state index contributed by atoms with van der Waals surface area (Å²) < 4.78 is 19.4. The molecule has 0 radical (unpaired) electrons. The van der Waals surface area contributed by atoms with Crippen molar-refractivity contribution in [3.05, 3.63) is 51.5 Å². The number of nitrogens with two attached hydrogens (primary N) is 1. The maximum Gasteiger partial charge on any atom is 0.353 e. The average Bonchev–Trinajstić information content (AvgIpc) is 3.19. The number of aliphatic carboxylic acids is 1. The standard InChI is InChI=1S/C21H26FN3O6S/c1-21(2,20(30)25-15(10-26)18(27)28)8-13-4-6-17(32-13)19(29)31-16-5-3-12(7-14(16)22)9-24-11-23/h3-7,15,24,26H,8-11,23H2,1-2H3,(H,25,30)(H,27,28)/t15-/m0/s1. The number of amides is 1. The molecule has 1 heterocycles. The second-order valence-corrected chi connectivity index (χ2v) is 8.83. The van der Waals surface area contributed by atoms with Gasteiger partial charge in [0.15, 0.2) is 11.6 Å². The molecule has 6 N–H and O–H groups in total. The van der Waals surface area contributed by atoms with Crippen LogP contribution in [0.5, 0.6) is 5.75 Å². The van der Waals surface area contributed by atoms with Gasteiger partial charge in [-0.1, -0.05) is 19.9 Å². The third-order valence-electron chi connectivity index (χ3n) is 4.55. The molecule has 1 aromatic heterocycles. The van der Waals surface area contributed by atoms with Crippen LogP contribution >= 0.6 is 11.3 Å². The summed E-state index contributed by atoms with van der Waals surface area (Å²) in [6, 6.07) is 6.00. The van der Waals surface area contributed by atoms with Gasteiger partial charge < -0.3 is 31.3 Å². The summed E-state index contributed by atoms with van der Waals surface area (Å²) >= 11 is 1.09. The molecule has 0 aliphatic heterocycles. The van der Waals surface area contributed by atoms with Crippen LogP contribution in [0.15, 0.2) is 30.3 Å². The fraction of sp³-hybridized carbons (Fsp3) is 0.381. The molecule has 0 aliphatic rings. The predicted octanol–water partition coefficient (Wildman–Crippen LogP) is 1.24. The largest absolute Gasteiger partial charge is 0.480 e. The van der Waals surface area contributed by atoms with E-state index in [1.54, 1.807) is 26.0 Å². The fourth-order valence-electron chi connectivity index (χ4n) is 2.74. The minimum Gasteiger partial charge on any atom is -0.480 e. The highest BCUT2D eigenvalue weighted by Gasteiger charge is 2.32. The van der Waals surface area contributed by atoms with Gasteiger partial charge in [-0.2, -0.15) is 0 Å². The van der Waals surface area contributed by atoms with Crippen molar-refractivity contribution in [2.45, 2.75) is 32.9 Å². The Hall–Kier alpha value is -2.86. The van der Waals surface area contributed by atoms with Gasteiger partial charge in [0, 0.05) is 23.5 Å². The molecule has 1 amide bonds. The van der Waals surface area contributed by atoms with Gasteiger partial charge in [0.2, 0.25) is 5.91 Å². The van der Waals surface area contributed by atoms with E-state index in [9.17, 15) is 18.8 Å². The van der Waals surface area contributed by atoms with Crippen molar-refractivity contribution in [3.8, 4) is 5.75 Å². The van der Waals surface area contributed by atoms with E-state index >= 15 is 0 Å². The summed E-state index contributed by atoms with van der Waals surface area (Å²) in [5.74, 6) is -3.51. The summed E-state index contributed by atoms with van der Waals surface area (Å²) in [6.45, 7) is 3.14. The lowest BCUT2D eigenvalue weighted by Crippen LogP contribution is -2.48. The molecule has 0 spiro atoms. The Bertz CT molecular complexity index is 978. The molecule has 9 nitrogen and oxygen atoms in total. The van der Waals surface area contributed by atoms with Crippen LogP contribution in [0.3, 0.4) is 0 Å². The van der Waals surface area contributed by atoms with Crippen molar-refractivity contribution in [1.29, 1.82) is 0 Å². The number of rotatable bonds is 11. The van der Waals surface area contributed by atoms with Crippen LogP contribution in [0.1, 0.15) is 34.0 Å². The first-order valence-corrected chi connectivity index (χ1v) is 10.5. The van der Waals surface area contributed by atoms with Crippen molar-refractivity contribution in [2.24, 2.45) is 11.1 Å². The Kier molecular flexibility index (Phi) is 8.84. The predicted molar refractivity (Wildman–Crippen MR) is 116 cm³/mol. The van der Waals surface area contributed by atoms with Crippen LogP contribution in [0.25, 0.3) is 0 Å². The zero-order valence-corrected chi connectivity index (χ0v) is 18.5. The van der Waals surface area contributed by atoms with Crippen molar-refractivity contribution < 1.29 is 33.7 Å². The van der Waals surface area contributed by atoms with Gasteiger partial charge in [-0.25, -0.2) is 14.0 Å². The number of nitrogens with one attached hydrogen (secondary N) is 2. The first kappa shape index (κ1) is 25.4. The molecule has 0 fully saturated rings. The highest BCUT2D eigenvalue weighted by Crippen LogP contribution is 2.28. The smallest absolute Gasteiger partial charge is 0.353 e. The average molecular weight is 468 g/mol. The number of esters is 1. The Balaban J connectivity index is 2.03. The van der Waals surface area contributed by atoms with E-state index in [0.717, 1.165) is 11.3 Å². The fourth-order valence-corrected chi connectivity index (χ4v) is 3.85. The van der Waals surface area contributed by atoms with Crippen LogP contribution in [0, 0.1) is 11.2 Å². The highest BCUT2D eigenvalue weighted by atomic mass is 32.1. The number of carbonyl (C=O) groups is 3. The van der Waals surface area contributed by atoms with Gasteiger partial charge in [0.25, 0.3) is 0 Å². The first-order valence-electron chi connectivity index (χ1n) is 9.72. The lowest BCUT2D eigenvalue weighted by atomic mass is 9.87. The van der Waals surface area contributed by atoms with E-state index in [0.29, 0.717) is 17.0 Å². The van der Waals surface area contributed by atoms with Gasteiger partial charge in [-0.15, -0.1) is 11.3 Å². The van der Waals surface area contributed by atoms with Crippen LogP contribution in [0.4, 0.5) is 4.39 Å². The number of hydrogen-bond acceptors (Lipinski definition) is 8. The minimum atomic E-state index is -1.40. The van der Waals surface area contributed by atoms with E-state index in [1.807, 2.05) is 0 Å². The second-order valence-electron chi connectivity index (χ2n) is 7.66. The number of carboxylic acid groups (broad SMARTS) is 1. The van der Waals surface area contributed by atoms with Crippen LogP contribution in [0.2, 0.25) is 0 Å². The lowest BCUT2D eigenvalue weighted by molar-refractivity contribution is -0.144. The summed E-state index contributed by atoms with van der Waals surface area (Å²) in [4.78, 5) is 36.8. The number of hydrogen-bond donors (Lipinski definition) is 5. The van der Waals surface area contributed by atoms with E-state index in [4.69, 9.17) is 20.7 Å². The van der Waals surface area contributed by atoms with Gasteiger partial charge >= 0.3 is 11.9 Å². The molecule has 11 heteroatoms. The third-order valence-corrected chi connectivity index (χ3v) is 5.62. The summed E-state index contributed by atoms with van der Waals surface area (Å²) in [7, 11) is 0. The number of aliphatic hydroxyl groups excluding tert-OH is 1. The quantitative estimate of drug-likeness (QED) is 0.188. The van der Waals surface area contributed by atoms with Crippen molar-refractivity contribution >= 4 is 29.2 Å². The molecule has 2 rings (SSSR count). The second kappa shape index (κ2) is 11.1. The van der Waals surface area contributed by atoms with Crippen LogP contribution < -0.4 is 21.1 Å². The molecule has 0 bridgehead atoms. The molecule has 32 heavy (non-hydrogen) atoms. The van der Waals surface area contributed by atoms with Crippen LogP contribution in [-0.4, -0.2) is 47.4 Å². The summed E-state index contributed by atoms with van der Waals surface area (Å²) in [5, 5.41) is 23.2. The summed E-state index contributed by atoms with van der Waals surface area (Å²) in [6.07, 6.45) is 0.214. The number of carboxylic acids is 1. The van der Waals surface area contributed by atoms with Gasteiger partial charge in [-0.05, 0) is 36.2 Å².